The third-order valence-corrected chi connectivity index (χ3v) is 4.87. The predicted molar refractivity (Wildman–Crippen MR) is 119 cm³/mol. The van der Waals surface area contributed by atoms with E-state index in [9.17, 15) is 14.4 Å². The molecule has 0 aliphatic rings. The van der Waals surface area contributed by atoms with Crippen LogP contribution in [-0.2, 0) is 14.3 Å². The Labute approximate surface area is 183 Å². The van der Waals surface area contributed by atoms with Gasteiger partial charge in [0.15, 0.2) is 6.10 Å². The molecular weight excluding hydrogens is 396 g/mol. The Morgan fingerprint density at radius 2 is 1.58 bits per heavy atom. The lowest BCUT2D eigenvalue weighted by Gasteiger charge is -2.23. The fourth-order valence-electron chi connectivity index (χ4n) is 2.87. The quantitative estimate of drug-likeness (QED) is 0.629. The van der Waals surface area contributed by atoms with Gasteiger partial charge in [0.1, 0.15) is 11.8 Å². The molecule has 0 bridgehead atoms. The van der Waals surface area contributed by atoms with E-state index in [1.165, 1.54) is 14.0 Å². The lowest BCUT2D eigenvalue weighted by atomic mass is 10.0. The number of amides is 2. The first kappa shape index (κ1) is 23.9. The second kappa shape index (κ2) is 10.6. The first-order valence-electron chi connectivity index (χ1n) is 10.2. The van der Waals surface area contributed by atoms with Gasteiger partial charge in [-0.2, -0.15) is 0 Å². The zero-order valence-corrected chi connectivity index (χ0v) is 18.8. The average Bonchev–Trinajstić information content (AvgIpc) is 2.73. The van der Waals surface area contributed by atoms with Crippen LogP contribution in [0.1, 0.15) is 42.3 Å². The molecule has 0 aliphatic carbocycles. The monoisotopic (exact) mass is 426 g/mol. The van der Waals surface area contributed by atoms with Crippen LogP contribution >= 0.6 is 0 Å². The third-order valence-electron chi connectivity index (χ3n) is 4.87. The molecule has 7 heteroatoms. The van der Waals surface area contributed by atoms with Gasteiger partial charge in [0.25, 0.3) is 11.8 Å². The zero-order valence-electron chi connectivity index (χ0n) is 18.8. The minimum atomic E-state index is -1.02. The highest BCUT2D eigenvalue weighted by molar-refractivity contribution is 5.98. The number of methoxy groups -OCH3 is 1. The van der Waals surface area contributed by atoms with Crippen LogP contribution in [0.5, 0.6) is 5.75 Å². The number of esters is 1. The summed E-state index contributed by atoms with van der Waals surface area (Å²) in [4.78, 5) is 37.8. The standard InChI is InChI=1S/C24H30N2O5/c1-14(2)21(26-23(28)18-9-11-19(30-6)12-10-18)24(29)31-17(5)22(27)25-20-13-15(3)7-8-16(20)4/h7-14,17,21H,1-6H3,(H,25,27)(H,26,28)/t17-,21+/m1/s1. The van der Waals surface area contributed by atoms with Gasteiger partial charge in [0.2, 0.25) is 0 Å². The summed E-state index contributed by atoms with van der Waals surface area (Å²) < 4.78 is 10.5. The number of rotatable bonds is 8. The van der Waals surface area contributed by atoms with Gasteiger partial charge in [0.05, 0.1) is 7.11 Å². The summed E-state index contributed by atoms with van der Waals surface area (Å²) in [6.07, 6.45) is -1.02. The summed E-state index contributed by atoms with van der Waals surface area (Å²) in [5.74, 6) is -1.12. The second-order valence-corrected chi connectivity index (χ2v) is 7.81. The van der Waals surface area contributed by atoms with Gasteiger partial charge in [0, 0.05) is 11.3 Å². The van der Waals surface area contributed by atoms with Crippen LogP contribution in [0.3, 0.4) is 0 Å². The Morgan fingerprint density at radius 3 is 2.16 bits per heavy atom. The summed E-state index contributed by atoms with van der Waals surface area (Å²) in [6.45, 7) is 8.90. The minimum Gasteiger partial charge on any atom is -0.497 e. The minimum absolute atomic E-state index is 0.232. The largest absolute Gasteiger partial charge is 0.497 e. The first-order valence-corrected chi connectivity index (χ1v) is 10.2. The van der Waals surface area contributed by atoms with Gasteiger partial charge in [-0.3, -0.25) is 9.59 Å². The van der Waals surface area contributed by atoms with E-state index in [4.69, 9.17) is 9.47 Å². The maximum atomic E-state index is 12.7. The molecule has 0 heterocycles. The van der Waals surface area contributed by atoms with Crippen molar-refractivity contribution in [2.24, 2.45) is 5.92 Å². The lowest BCUT2D eigenvalue weighted by molar-refractivity contribution is -0.156. The van der Waals surface area contributed by atoms with Crippen molar-refractivity contribution in [2.45, 2.75) is 46.8 Å². The van der Waals surface area contributed by atoms with Gasteiger partial charge in [-0.25, -0.2) is 4.79 Å². The molecule has 2 aromatic rings. The lowest BCUT2D eigenvalue weighted by Crippen LogP contribution is -2.47. The molecule has 2 rings (SSSR count). The van der Waals surface area contributed by atoms with Crippen molar-refractivity contribution in [2.75, 3.05) is 12.4 Å². The smallest absolute Gasteiger partial charge is 0.329 e. The van der Waals surface area contributed by atoms with E-state index in [2.05, 4.69) is 10.6 Å². The van der Waals surface area contributed by atoms with Crippen LogP contribution in [0.4, 0.5) is 5.69 Å². The molecule has 0 spiro atoms. The van der Waals surface area contributed by atoms with Gasteiger partial charge in [-0.05, 0) is 68.1 Å². The fourth-order valence-corrected chi connectivity index (χ4v) is 2.87. The highest BCUT2D eigenvalue weighted by Gasteiger charge is 2.29. The van der Waals surface area contributed by atoms with Crippen LogP contribution in [0.2, 0.25) is 0 Å². The molecule has 2 aromatic carbocycles. The molecule has 31 heavy (non-hydrogen) atoms. The maximum Gasteiger partial charge on any atom is 0.329 e. The third kappa shape index (κ3) is 6.57. The number of carbonyl (C=O) groups excluding carboxylic acids is 3. The van der Waals surface area contributed by atoms with Gasteiger partial charge >= 0.3 is 5.97 Å². The molecule has 0 aliphatic heterocycles. The van der Waals surface area contributed by atoms with Crippen molar-refractivity contribution in [3.8, 4) is 5.75 Å². The molecule has 2 N–H and O–H groups in total. The number of aryl methyl sites for hydroxylation is 2. The number of benzene rings is 2. The van der Waals surface area contributed by atoms with Crippen LogP contribution in [0.15, 0.2) is 42.5 Å². The van der Waals surface area contributed by atoms with Crippen molar-refractivity contribution in [1.29, 1.82) is 0 Å². The summed E-state index contributed by atoms with van der Waals surface area (Å²) in [6, 6.07) is 11.4. The molecule has 0 saturated heterocycles. The van der Waals surface area contributed by atoms with Crippen molar-refractivity contribution in [3.05, 3.63) is 59.2 Å². The maximum absolute atomic E-state index is 12.7. The summed E-state index contributed by atoms with van der Waals surface area (Å²) >= 11 is 0. The number of hydrogen-bond acceptors (Lipinski definition) is 5. The summed E-state index contributed by atoms with van der Waals surface area (Å²) in [5, 5.41) is 5.48. The van der Waals surface area contributed by atoms with Crippen LogP contribution in [0, 0.1) is 19.8 Å². The molecule has 7 nitrogen and oxygen atoms in total. The van der Waals surface area contributed by atoms with Crippen molar-refractivity contribution in [3.63, 3.8) is 0 Å². The Morgan fingerprint density at radius 1 is 0.935 bits per heavy atom. The van der Waals surface area contributed by atoms with Gasteiger partial charge in [-0.1, -0.05) is 26.0 Å². The van der Waals surface area contributed by atoms with E-state index in [1.807, 2.05) is 32.0 Å². The predicted octanol–water partition coefficient (Wildman–Crippen LogP) is 3.64. The molecule has 166 valence electrons. The number of ether oxygens (including phenoxy) is 2. The molecular formula is C24H30N2O5. The van der Waals surface area contributed by atoms with Crippen molar-refractivity contribution >= 4 is 23.5 Å². The number of carbonyl (C=O) groups is 3. The molecule has 0 fully saturated rings. The zero-order chi connectivity index (χ0) is 23.1. The van der Waals surface area contributed by atoms with E-state index in [0.717, 1.165) is 11.1 Å². The molecule has 0 aromatic heterocycles. The Balaban J connectivity index is 2.02. The highest BCUT2D eigenvalue weighted by atomic mass is 16.5. The number of nitrogens with one attached hydrogen (secondary N) is 2. The van der Waals surface area contributed by atoms with Crippen LogP contribution < -0.4 is 15.4 Å². The fraction of sp³-hybridized carbons (Fsp3) is 0.375. The second-order valence-electron chi connectivity index (χ2n) is 7.81. The van der Waals surface area contributed by atoms with E-state index in [0.29, 0.717) is 17.0 Å². The average molecular weight is 427 g/mol. The first-order chi connectivity index (χ1) is 14.6. The Hall–Kier alpha value is -3.35. The van der Waals surface area contributed by atoms with E-state index in [-0.39, 0.29) is 5.92 Å². The van der Waals surface area contributed by atoms with E-state index < -0.39 is 29.9 Å². The van der Waals surface area contributed by atoms with E-state index >= 15 is 0 Å². The molecule has 0 radical (unpaired) electrons. The van der Waals surface area contributed by atoms with Crippen LogP contribution in [-0.4, -0.2) is 37.0 Å². The normalized spacial score (nSPS) is 12.6. The number of anilines is 1. The molecule has 0 saturated carbocycles. The summed E-state index contributed by atoms with van der Waals surface area (Å²) in [5.41, 5.74) is 2.97. The van der Waals surface area contributed by atoms with Crippen molar-refractivity contribution < 1.29 is 23.9 Å². The molecule has 2 atom stereocenters. The number of hydrogen-bond donors (Lipinski definition) is 2. The highest BCUT2D eigenvalue weighted by Crippen LogP contribution is 2.17. The van der Waals surface area contributed by atoms with Crippen LogP contribution in [0.25, 0.3) is 0 Å². The topological polar surface area (TPSA) is 93.7 Å². The SMILES string of the molecule is COc1ccc(C(=O)N[C@H](C(=O)O[C@H](C)C(=O)Nc2cc(C)ccc2C)C(C)C)cc1. The van der Waals surface area contributed by atoms with Gasteiger partial charge in [-0.15, -0.1) is 0 Å². The van der Waals surface area contributed by atoms with Gasteiger partial charge < -0.3 is 20.1 Å². The Bertz CT molecular complexity index is 937. The Kier molecular flexibility index (Phi) is 8.19. The van der Waals surface area contributed by atoms with Crippen molar-refractivity contribution in [1.82, 2.24) is 5.32 Å². The summed E-state index contributed by atoms with van der Waals surface area (Å²) in [7, 11) is 1.54. The molecule has 0 unspecified atom stereocenters. The van der Waals surface area contributed by atoms with E-state index in [1.54, 1.807) is 38.1 Å². The molecule has 2 amide bonds.